The number of hydrogen-bond donors (Lipinski definition) is 2. The predicted octanol–water partition coefficient (Wildman–Crippen LogP) is 1.64. The van der Waals surface area contributed by atoms with Gasteiger partial charge in [-0.2, -0.15) is 0 Å². The van der Waals surface area contributed by atoms with Crippen LogP contribution in [0.25, 0.3) is 6.08 Å². The van der Waals surface area contributed by atoms with Crippen LogP contribution in [0.15, 0.2) is 24.3 Å². The summed E-state index contributed by atoms with van der Waals surface area (Å²) in [6, 6.07) is 4.15. The third-order valence-electron chi connectivity index (χ3n) is 3.45. The summed E-state index contributed by atoms with van der Waals surface area (Å²) >= 11 is 0. The molecule has 1 aliphatic rings. The number of benzene rings is 1. The lowest BCUT2D eigenvalue weighted by Crippen LogP contribution is -2.55. The molecular formula is C15H17FN2O3. The first kappa shape index (κ1) is 15.0. The summed E-state index contributed by atoms with van der Waals surface area (Å²) in [5.74, 6) is -1.75. The number of carbonyl (C=O) groups is 2. The smallest absolute Gasteiger partial charge is 0.328 e. The molecule has 5 nitrogen and oxygen atoms in total. The summed E-state index contributed by atoms with van der Waals surface area (Å²) in [6.45, 7) is 2.92. The quantitative estimate of drug-likeness (QED) is 0.828. The SMILES string of the molecule is CCC1C(=O)NCCN1c1cccc(F)c1/C=C/C(=O)O. The third kappa shape index (κ3) is 3.21. The molecule has 2 N–H and O–H groups in total. The molecule has 1 saturated heterocycles. The van der Waals surface area contributed by atoms with Gasteiger partial charge in [0, 0.05) is 30.4 Å². The number of aliphatic carboxylic acids is 1. The van der Waals surface area contributed by atoms with Gasteiger partial charge in [0.25, 0.3) is 0 Å². The minimum Gasteiger partial charge on any atom is -0.478 e. The third-order valence-corrected chi connectivity index (χ3v) is 3.45. The van der Waals surface area contributed by atoms with Gasteiger partial charge in [0.05, 0.1) is 0 Å². The Balaban J connectivity index is 2.45. The Kier molecular flexibility index (Phi) is 4.57. The highest BCUT2D eigenvalue weighted by molar-refractivity contribution is 5.90. The second-order valence-electron chi connectivity index (χ2n) is 4.75. The van der Waals surface area contributed by atoms with Crippen molar-refractivity contribution in [1.29, 1.82) is 0 Å². The van der Waals surface area contributed by atoms with Gasteiger partial charge in [0.1, 0.15) is 11.9 Å². The maximum atomic E-state index is 14.0. The second-order valence-corrected chi connectivity index (χ2v) is 4.75. The molecule has 0 radical (unpaired) electrons. The fourth-order valence-electron chi connectivity index (χ4n) is 2.50. The number of anilines is 1. The second kappa shape index (κ2) is 6.39. The molecule has 1 aromatic rings. The van der Waals surface area contributed by atoms with Gasteiger partial charge in [-0.25, -0.2) is 9.18 Å². The van der Waals surface area contributed by atoms with Gasteiger partial charge < -0.3 is 15.3 Å². The van der Waals surface area contributed by atoms with Crippen molar-refractivity contribution in [3.05, 3.63) is 35.7 Å². The van der Waals surface area contributed by atoms with Crippen molar-refractivity contribution in [3.8, 4) is 0 Å². The van der Waals surface area contributed by atoms with Crippen molar-refractivity contribution in [2.45, 2.75) is 19.4 Å². The Hall–Kier alpha value is -2.37. The number of nitrogens with zero attached hydrogens (tertiary/aromatic N) is 1. The van der Waals surface area contributed by atoms with Crippen LogP contribution in [0.2, 0.25) is 0 Å². The number of rotatable bonds is 4. The average molecular weight is 292 g/mol. The van der Waals surface area contributed by atoms with Crippen LogP contribution in [0.5, 0.6) is 0 Å². The highest BCUT2D eigenvalue weighted by atomic mass is 19.1. The van der Waals surface area contributed by atoms with Crippen LogP contribution < -0.4 is 10.2 Å². The standard InChI is InChI=1S/C15H17FN2O3/c1-2-12-15(21)17-8-9-18(12)13-5-3-4-11(16)10(13)6-7-14(19)20/h3-7,12H,2,8-9H2,1H3,(H,17,21)(H,19,20)/b7-6+. The van der Waals surface area contributed by atoms with Gasteiger partial charge in [0.2, 0.25) is 5.91 Å². The number of halogens is 1. The van der Waals surface area contributed by atoms with Crippen molar-refractivity contribution in [1.82, 2.24) is 5.32 Å². The highest BCUT2D eigenvalue weighted by Gasteiger charge is 2.29. The van der Waals surface area contributed by atoms with Crippen LogP contribution >= 0.6 is 0 Å². The molecule has 0 aromatic heterocycles. The Morgan fingerprint density at radius 2 is 2.33 bits per heavy atom. The van der Waals surface area contributed by atoms with E-state index < -0.39 is 11.8 Å². The zero-order valence-corrected chi connectivity index (χ0v) is 11.7. The Bertz CT molecular complexity index is 586. The monoisotopic (exact) mass is 292 g/mol. The number of carboxylic acids is 1. The number of hydrogen-bond acceptors (Lipinski definition) is 3. The zero-order valence-electron chi connectivity index (χ0n) is 11.7. The Morgan fingerprint density at radius 3 is 3.00 bits per heavy atom. The van der Waals surface area contributed by atoms with E-state index in [1.807, 2.05) is 11.8 Å². The normalized spacial score (nSPS) is 18.9. The fraction of sp³-hybridized carbons (Fsp3) is 0.333. The van der Waals surface area contributed by atoms with Crippen LogP contribution in [-0.2, 0) is 9.59 Å². The van der Waals surface area contributed by atoms with Crippen molar-refractivity contribution in [2.75, 3.05) is 18.0 Å². The maximum absolute atomic E-state index is 14.0. The summed E-state index contributed by atoms with van der Waals surface area (Å²) in [5.41, 5.74) is 0.724. The van der Waals surface area contributed by atoms with E-state index in [9.17, 15) is 14.0 Å². The molecule has 0 bridgehead atoms. The molecule has 21 heavy (non-hydrogen) atoms. The number of piperazine rings is 1. The molecule has 0 aliphatic carbocycles. The van der Waals surface area contributed by atoms with Gasteiger partial charge >= 0.3 is 5.97 Å². The van der Waals surface area contributed by atoms with E-state index in [1.165, 1.54) is 12.1 Å². The summed E-state index contributed by atoms with van der Waals surface area (Å²) in [7, 11) is 0. The van der Waals surface area contributed by atoms with Crippen LogP contribution in [0, 0.1) is 5.82 Å². The summed E-state index contributed by atoms with van der Waals surface area (Å²) in [6.07, 6.45) is 2.71. The summed E-state index contributed by atoms with van der Waals surface area (Å²) in [5, 5.41) is 11.5. The van der Waals surface area contributed by atoms with Crippen molar-refractivity contribution >= 4 is 23.6 Å². The van der Waals surface area contributed by atoms with Gasteiger partial charge in [0.15, 0.2) is 0 Å². The molecule has 1 unspecified atom stereocenters. The molecular weight excluding hydrogens is 275 g/mol. The number of carbonyl (C=O) groups excluding carboxylic acids is 1. The lowest BCUT2D eigenvalue weighted by Gasteiger charge is -2.37. The summed E-state index contributed by atoms with van der Waals surface area (Å²) in [4.78, 5) is 24.4. The van der Waals surface area contributed by atoms with Gasteiger partial charge in [-0.05, 0) is 24.6 Å². The molecule has 0 spiro atoms. The number of carboxylic acid groups (broad SMARTS) is 1. The first-order valence-corrected chi connectivity index (χ1v) is 6.78. The summed E-state index contributed by atoms with van der Waals surface area (Å²) < 4.78 is 14.0. The molecule has 1 atom stereocenters. The van der Waals surface area contributed by atoms with Gasteiger partial charge in [-0.3, -0.25) is 4.79 Å². The first-order valence-electron chi connectivity index (χ1n) is 6.78. The molecule has 1 heterocycles. The van der Waals surface area contributed by atoms with Crippen molar-refractivity contribution < 1.29 is 19.1 Å². The lowest BCUT2D eigenvalue weighted by atomic mass is 10.0. The number of nitrogens with one attached hydrogen (secondary N) is 1. The first-order chi connectivity index (χ1) is 10.0. The topological polar surface area (TPSA) is 69.6 Å². The molecule has 1 aliphatic heterocycles. The molecule has 6 heteroatoms. The largest absolute Gasteiger partial charge is 0.478 e. The Morgan fingerprint density at radius 1 is 1.57 bits per heavy atom. The van der Waals surface area contributed by atoms with Crippen LogP contribution in [0.1, 0.15) is 18.9 Å². The van der Waals surface area contributed by atoms with Crippen LogP contribution in [0.4, 0.5) is 10.1 Å². The molecule has 1 amide bonds. The van der Waals surface area contributed by atoms with E-state index in [2.05, 4.69) is 5.32 Å². The van der Waals surface area contributed by atoms with E-state index in [-0.39, 0.29) is 17.5 Å². The highest BCUT2D eigenvalue weighted by Crippen LogP contribution is 2.28. The molecule has 1 fully saturated rings. The minimum atomic E-state index is -1.15. The van der Waals surface area contributed by atoms with E-state index in [4.69, 9.17) is 5.11 Å². The minimum absolute atomic E-state index is 0.0961. The van der Waals surface area contributed by atoms with Gasteiger partial charge in [-0.1, -0.05) is 13.0 Å². The van der Waals surface area contributed by atoms with Crippen LogP contribution in [-0.4, -0.2) is 36.1 Å². The molecule has 112 valence electrons. The lowest BCUT2D eigenvalue weighted by molar-refractivity contribution is -0.131. The average Bonchev–Trinajstić information content (AvgIpc) is 2.45. The van der Waals surface area contributed by atoms with E-state index in [1.54, 1.807) is 12.1 Å². The van der Waals surface area contributed by atoms with Gasteiger partial charge in [-0.15, -0.1) is 0 Å². The predicted molar refractivity (Wildman–Crippen MR) is 77.5 cm³/mol. The van der Waals surface area contributed by atoms with Crippen LogP contribution in [0.3, 0.4) is 0 Å². The molecule has 0 saturated carbocycles. The fourth-order valence-corrected chi connectivity index (χ4v) is 2.50. The molecule has 2 rings (SSSR count). The van der Waals surface area contributed by atoms with Crippen molar-refractivity contribution in [2.24, 2.45) is 0 Å². The van der Waals surface area contributed by atoms with Crippen molar-refractivity contribution in [3.63, 3.8) is 0 Å². The van der Waals surface area contributed by atoms with E-state index in [0.717, 1.165) is 6.08 Å². The van der Waals surface area contributed by atoms with E-state index >= 15 is 0 Å². The maximum Gasteiger partial charge on any atom is 0.328 e. The Labute approximate surface area is 122 Å². The number of amides is 1. The zero-order chi connectivity index (χ0) is 15.4. The van der Waals surface area contributed by atoms with E-state index in [0.29, 0.717) is 25.2 Å². The molecule has 1 aromatic carbocycles.